The zero-order chi connectivity index (χ0) is 15.6. The van der Waals surface area contributed by atoms with Gasteiger partial charge in [0.15, 0.2) is 0 Å². The zero-order valence-corrected chi connectivity index (χ0v) is 13.4. The molecule has 0 aromatic heterocycles. The molecule has 0 heterocycles. The summed E-state index contributed by atoms with van der Waals surface area (Å²) >= 11 is 1.81. The van der Waals surface area contributed by atoms with Gasteiger partial charge in [-0.1, -0.05) is 0 Å². The van der Waals surface area contributed by atoms with E-state index in [1.54, 1.807) is 0 Å². The maximum absolute atomic E-state index is 13.0. The van der Waals surface area contributed by atoms with Gasteiger partial charge in [-0.05, 0) is 65.1 Å². The van der Waals surface area contributed by atoms with Gasteiger partial charge in [0.1, 0.15) is 5.82 Å². The summed E-state index contributed by atoms with van der Waals surface area (Å²) in [5.41, 5.74) is 0.240. The van der Waals surface area contributed by atoms with Crippen LogP contribution in [0.3, 0.4) is 0 Å². The Morgan fingerprint density at radius 2 is 1.76 bits per heavy atom. The Morgan fingerprint density at radius 1 is 1.14 bits per heavy atom. The fourth-order valence-corrected chi connectivity index (χ4v) is 3.43. The average molecular weight is 421 g/mol. The normalized spacial score (nSPS) is 11.1. The van der Waals surface area contributed by atoms with Crippen LogP contribution in [0.2, 0.25) is 0 Å². The molecule has 0 amide bonds. The van der Waals surface area contributed by atoms with Crippen LogP contribution in [0.15, 0.2) is 47.4 Å². The van der Waals surface area contributed by atoms with E-state index in [0.29, 0.717) is 3.57 Å². The van der Waals surface area contributed by atoms with E-state index in [4.69, 9.17) is 5.11 Å². The van der Waals surface area contributed by atoms with Crippen molar-refractivity contribution in [2.45, 2.75) is 4.90 Å². The summed E-state index contributed by atoms with van der Waals surface area (Å²) in [6.45, 7) is 0. The van der Waals surface area contributed by atoms with Crippen LogP contribution in [-0.4, -0.2) is 19.5 Å². The highest BCUT2D eigenvalue weighted by Crippen LogP contribution is 2.22. The molecule has 0 radical (unpaired) electrons. The second-order valence-corrected chi connectivity index (χ2v) is 6.90. The minimum absolute atomic E-state index is 0.00897. The number of benzene rings is 2. The van der Waals surface area contributed by atoms with E-state index >= 15 is 0 Å². The fourth-order valence-electron chi connectivity index (χ4n) is 1.55. The molecule has 0 bridgehead atoms. The number of rotatable bonds is 4. The lowest BCUT2D eigenvalue weighted by molar-refractivity contribution is 0.0696. The highest BCUT2D eigenvalue weighted by atomic mass is 127. The Kier molecular flexibility index (Phi) is 4.47. The largest absolute Gasteiger partial charge is 0.478 e. The fraction of sp³-hybridized carbons (Fsp3) is 0. The molecular formula is C13H9FINO4S. The van der Waals surface area contributed by atoms with Gasteiger partial charge < -0.3 is 5.11 Å². The van der Waals surface area contributed by atoms with E-state index in [2.05, 4.69) is 4.72 Å². The van der Waals surface area contributed by atoms with Gasteiger partial charge in [0.05, 0.1) is 16.1 Å². The second-order valence-electron chi connectivity index (χ2n) is 4.06. The highest BCUT2D eigenvalue weighted by molar-refractivity contribution is 14.1. The van der Waals surface area contributed by atoms with Crippen molar-refractivity contribution in [3.8, 4) is 0 Å². The molecule has 110 valence electrons. The smallest absolute Gasteiger partial charge is 0.335 e. The molecule has 0 aliphatic rings. The Labute approximate surface area is 134 Å². The lowest BCUT2D eigenvalue weighted by atomic mass is 10.2. The van der Waals surface area contributed by atoms with E-state index in [9.17, 15) is 17.6 Å². The van der Waals surface area contributed by atoms with Crippen molar-refractivity contribution < 1.29 is 22.7 Å². The number of carboxylic acid groups (broad SMARTS) is 1. The predicted molar refractivity (Wildman–Crippen MR) is 83.3 cm³/mol. The number of hydrogen-bond acceptors (Lipinski definition) is 3. The molecule has 2 rings (SSSR count). The van der Waals surface area contributed by atoms with Crippen molar-refractivity contribution in [3.05, 3.63) is 57.4 Å². The molecule has 0 atom stereocenters. The lowest BCUT2D eigenvalue weighted by Gasteiger charge is -2.10. The van der Waals surface area contributed by atoms with E-state index < -0.39 is 21.8 Å². The third kappa shape index (κ3) is 3.70. The van der Waals surface area contributed by atoms with Crippen molar-refractivity contribution in [3.63, 3.8) is 0 Å². The van der Waals surface area contributed by atoms with Gasteiger partial charge in [-0.25, -0.2) is 17.6 Å². The lowest BCUT2D eigenvalue weighted by Crippen LogP contribution is -2.14. The van der Waals surface area contributed by atoms with E-state index in [1.807, 2.05) is 22.6 Å². The maximum atomic E-state index is 13.0. The first-order valence-electron chi connectivity index (χ1n) is 5.61. The highest BCUT2D eigenvalue weighted by Gasteiger charge is 2.16. The molecule has 2 aromatic carbocycles. The van der Waals surface area contributed by atoms with Crippen LogP contribution in [-0.2, 0) is 10.0 Å². The molecule has 8 heteroatoms. The molecule has 0 aliphatic carbocycles. The maximum Gasteiger partial charge on any atom is 0.335 e. The molecule has 0 spiro atoms. The minimum Gasteiger partial charge on any atom is -0.478 e. The number of aromatic carboxylic acids is 1. The molecule has 5 nitrogen and oxygen atoms in total. The van der Waals surface area contributed by atoms with Crippen LogP contribution < -0.4 is 4.72 Å². The molecule has 21 heavy (non-hydrogen) atoms. The number of carbonyl (C=O) groups is 1. The van der Waals surface area contributed by atoms with Gasteiger partial charge >= 0.3 is 5.97 Å². The van der Waals surface area contributed by atoms with Crippen LogP contribution in [0.5, 0.6) is 0 Å². The van der Waals surface area contributed by atoms with Crippen molar-refractivity contribution in [1.82, 2.24) is 0 Å². The van der Waals surface area contributed by atoms with Crippen molar-refractivity contribution in [2.75, 3.05) is 4.72 Å². The van der Waals surface area contributed by atoms with Crippen molar-refractivity contribution in [1.29, 1.82) is 0 Å². The van der Waals surface area contributed by atoms with E-state index in [0.717, 1.165) is 6.07 Å². The third-order valence-electron chi connectivity index (χ3n) is 2.59. The number of halogens is 2. The van der Waals surface area contributed by atoms with Crippen molar-refractivity contribution >= 4 is 44.3 Å². The zero-order valence-electron chi connectivity index (χ0n) is 10.4. The first kappa shape index (κ1) is 15.7. The number of anilines is 1. The van der Waals surface area contributed by atoms with Crippen LogP contribution in [0.25, 0.3) is 0 Å². The standard InChI is InChI=1S/C13H9FINO4S/c14-9-3-6-12(11(15)7-9)16-21(19,20)10-4-1-8(2-5-10)13(17)18/h1-7,16H,(H,17,18). The quantitative estimate of drug-likeness (QED) is 0.744. The average Bonchev–Trinajstić information content (AvgIpc) is 2.42. The summed E-state index contributed by atoms with van der Waals surface area (Å²) in [6.07, 6.45) is 0. The SMILES string of the molecule is O=C(O)c1ccc(S(=O)(=O)Nc2ccc(F)cc2I)cc1. The molecule has 2 aromatic rings. The summed E-state index contributed by atoms with van der Waals surface area (Å²) in [5.74, 6) is -1.60. The van der Waals surface area contributed by atoms with Gasteiger partial charge in [0.25, 0.3) is 10.0 Å². The number of carboxylic acids is 1. The molecule has 0 saturated heterocycles. The molecule has 2 N–H and O–H groups in total. The molecular weight excluding hydrogens is 412 g/mol. The summed E-state index contributed by atoms with van der Waals surface area (Å²) in [4.78, 5) is 10.7. The summed E-state index contributed by atoms with van der Waals surface area (Å²) in [5, 5.41) is 8.77. The molecule has 0 saturated carbocycles. The number of nitrogens with one attached hydrogen (secondary N) is 1. The summed E-state index contributed by atoms with van der Waals surface area (Å²) in [7, 11) is -3.86. The van der Waals surface area contributed by atoms with Crippen LogP contribution >= 0.6 is 22.6 Å². The number of sulfonamides is 1. The van der Waals surface area contributed by atoms with E-state index in [1.165, 1.54) is 36.4 Å². The number of hydrogen-bond donors (Lipinski definition) is 2. The molecule has 0 aliphatic heterocycles. The predicted octanol–water partition coefficient (Wildman–Crippen LogP) is 2.93. The third-order valence-corrected chi connectivity index (χ3v) is 4.86. The van der Waals surface area contributed by atoms with E-state index in [-0.39, 0.29) is 16.1 Å². The van der Waals surface area contributed by atoms with Crippen LogP contribution in [0.4, 0.5) is 10.1 Å². The first-order valence-corrected chi connectivity index (χ1v) is 8.17. The summed E-state index contributed by atoms with van der Waals surface area (Å²) in [6, 6.07) is 8.46. The monoisotopic (exact) mass is 421 g/mol. The second kappa shape index (κ2) is 5.98. The van der Waals surface area contributed by atoms with Gasteiger partial charge in [-0.3, -0.25) is 4.72 Å². The van der Waals surface area contributed by atoms with Gasteiger partial charge in [-0.2, -0.15) is 0 Å². The summed E-state index contributed by atoms with van der Waals surface area (Å²) < 4.78 is 40.1. The topological polar surface area (TPSA) is 83.5 Å². The van der Waals surface area contributed by atoms with Gasteiger partial charge in [0, 0.05) is 3.57 Å². The Morgan fingerprint density at radius 3 is 2.29 bits per heavy atom. The van der Waals surface area contributed by atoms with Gasteiger partial charge in [-0.15, -0.1) is 0 Å². The Balaban J connectivity index is 2.31. The van der Waals surface area contributed by atoms with Crippen LogP contribution in [0, 0.1) is 9.39 Å². The molecule has 0 fully saturated rings. The van der Waals surface area contributed by atoms with Crippen LogP contribution in [0.1, 0.15) is 10.4 Å². The Hall–Kier alpha value is -1.68. The van der Waals surface area contributed by atoms with Crippen molar-refractivity contribution in [2.24, 2.45) is 0 Å². The molecule has 0 unspecified atom stereocenters. The van der Waals surface area contributed by atoms with Gasteiger partial charge in [0.2, 0.25) is 0 Å². The minimum atomic E-state index is -3.86. The first-order chi connectivity index (χ1) is 9.79. The Bertz CT molecular complexity index is 790.